The standard InChI is InChI=1S/C28H30N6O2/c1-2-20-10-12-22(13-11-20)30-28(36)31-23-14-17-33(18-15-23)26-27(35)34(19-21-7-4-3-5-8-21)25-24(32-26)9-6-16-29-25/h3-13,16,23H,2,14-15,17-19H2,1H3,(H2,30,31,36). The second-order valence-electron chi connectivity index (χ2n) is 9.07. The molecule has 2 N–H and O–H groups in total. The van der Waals surface area contributed by atoms with Crippen LogP contribution in [0.3, 0.4) is 0 Å². The molecule has 0 spiro atoms. The maximum Gasteiger partial charge on any atom is 0.319 e. The minimum Gasteiger partial charge on any atom is -0.352 e. The van der Waals surface area contributed by atoms with Gasteiger partial charge in [-0.25, -0.2) is 14.8 Å². The number of fused-ring (bicyclic) bond motifs is 1. The number of urea groups is 1. The fourth-order valence-electron chi connectivity index (χ4n) is 4.59. The van der Waals surface area contributed by atoms with E-state index in [-0.39, 0.29) is 17.6 Å². The number of pyridine rings is 1. The van der Waals surface area contributed by atoms with E-state index in [9.17, 15) is 9.59 Å². The molecule has 1 aliphatic rings. The van der Waals surface area contributed by atoms with Crippen LogP contribution in [-0.2, 0) is 13.0 Å². The van der Waals surface area contributed by atoms with E-state index >= 15 is 0 Å². The number of nitrogens with one attached hydrogen (secondary N) is 2. The molecule has 1 aliphatic heterocycles. The molecule has 1 saturated heterocycles. The summed E-state index contributed by atoms with van der Waals surface area (Å²) < 4.78 is 1.70. The Hall–Kier alpha value is -4.20. The van der Waals surface area contributed by atoms with Crippen molar-refractivity contribution >= 4 is 28.7 Å². The second-order valence-corrected chi connectivity index (χ2v) is 9.07. The Morgan fingerprint density at radius 1 is 0.972 bits per heavy atom. The molecule has 0 unspecified atom stereocenters. The number of anilines is 2. The van der Waals surface area contributed by atoms with E-state index in [0.29, 0.717) is 36.6 Å². The van der Waals surface area contributed by atoms with Crippen LogP contribution in [0.25, 0.3) is 11.2 Å². The Labute approximate surface area is 210 Å². The van der Waals surface area contributed by atoms with Crippen LogP contribution in [-0.4, -0.2) is 39.7 Å². The summed E-state index contributed by atoms with van der Waals surface area (Å²) in [4.78, 5) is 37.2. The highest BCUT2D eigenvalue weighted by Crippen LogP contribution is 2.19. The quantitative estimate of drug-likeness (QED) is 0.430. The van der Waals surface area contributed by atoms with Crippen molar-refractivity contribution in [1.29, 1.82) is 0 Å². The van der Waals surface area contributed by atoms with Crippen LogP contribution in [0.4, 0.5) is 16.3 Å². The van der Waals surface area contributed by atoms with Gasteiger partial charge >= 0.3 is 6.03 Å². The number of aromatic nitrogens is 3. The normalized spacial score (nSPS) is 14.1. The van der Waals surface area contributed by atoms with E-state index in [4.69, 9.17) is 0 Å². The first kappa shape index (κ1) is 23.5. The Kier molecular flexibility index (Phi) is 6.93. The molecule has 0 aliphatic carbocycles. The van der Waals surface area contributed by atoms with E-state index in [1.54, 1.807) is 10.8 Å². The molecule has 8 heteroatoms. The minimum absolute atomic E-state index is 0.0323. The molecule has 0 radical (unpaired) electrons. The number of aryl methyl sites for hydroxylation is 1. The van der Waals surface area contributed by atoms with Crippen molar-refractivity contribution in [1.82, 2.24) is 19.9 Å². The lowest BCUT2D eigenvalue weighted by molar-refractivity contribution is 0.246. The number of hydrogen-bond donors (Lipinski definition) is 2. The molecule has 5 rings (SSSR count). The molecule has 0 atom stereocenters. The first-order valence-corrected chi connectivity index (χ1v) is 12.4. The number of benzene rings is 2. The molecule has 2 amide bonds. The minimum atomic E-state index is -0.210. The Balaban J connectivity index is 1.28. The molecule has 2 aromatic heterocycles. The van der Waals surface area contributed by atoms with Gasteiger partial charge in [-0.1, -0.05) is 49.4 Å². The molecular formula is C28H30N6O2. The summed E-state index contributed by atoms with van der Waals surface area (Å²) in [5, 5.41) is 5.97. The predicted molar refractivity (Wildman–Crippen MR) is 143 cm³/mol. The van der Waals surface area contributed by atoms with E-state index in [0.717, 1.165) is 30.5 Å². The zero-order chi connectivity index (χ0) is 24.9. The van der Waals surface area contributed by atoms with Crippen LogP contribution >= 0.6 is 0 Å². The summed E-state index contributed by atoms with van der Waals surface area (Å²) in [6.45, 7) is 3.80. The third kappa shape index (κ3) is 5.22. The molecule has 4 aromatic rings. The van der Waals surface area contributed by atoms with E-state index in [1.165, 1.54) is 5.56 Å². The van der Waals surface area contributed by atoms with Crippen LogP contribution in [0.1, 0.15) is 30.9 Å². The summed E-state index contributed by atoms with van der Waals surface area (Å²) in [5.74, 6) is 0.436. The van der Waals surface area contributed by atoms with Crippen molar-refractivity contribution in [3.63, 3.8) is 0 Å². The zero-order valence-corrected chi connectivity index (χ0v) is 20.4. The van der Waals surface area contributed by atoms with E-state index < -0.39 is 0 Å². The highest BCUT2D eigenvalue weighted by molar-refractivity contribution is 5.89. The fourth-order valence-corrected chi connectivity index (χ4v) is 4.59. The number of rotatable bonds is 6. The van der Waals surface area contributed by atoms with Crippen molar-refractivity contribution in [3.8, 4) is 0 Å². The van der Waals surface area contributed by atoms with Crippen molar-refractivity contribution < 1.29 is 4.79 Å². The lowest BCUT2D eigenvalue weighted by Crippen LogP contribution is -2.47. The van der Waals surface area contributed by atoms with Crippen molar-refractivity contribution in [2.45, 2.75) is 38.8 Å². The van der Waals surface area contributed by atoms with Gasteiger partial charge in [-0.3, -0.25) is 9.36 Å². The second kappa shape index (κ2) is 10.6. The van der Waals surface area contributed by atoms with Gasteiger partial charge in [-0.15, -0.1) is 0 Å². The van der Waals surface area contributed by atoms with Crippen LogP contribution in [0, 0.1) is 0 Å². The lowest BCUT2D eigenvalue weighted by atomic mass is 10.1. The molecule has 0 saturated carbocycles. The zero-order valence-electron chi connectivity index (χ0n) is 20.4. The summed E-state index contributed by atoms with van der Waals surface area (Å²) >= 11 is 0. The number of carbonyl (C=O) groups is 1. The molecule has 0 bridgehead atoms. The van der Waals surface area contributed by atoms with Gasteiger partial charge in [0.15, 0.2) is 11.5 Å². The lowest BCUT2D eigenvalue weighted by Gasteiger charge is -2.33. The SMILES string of the molecule is CCc1ccc(NC(=O)NC2CCN(c3nc4cccnc4n(Cc4ccccc4)c3=O)CC2)cc1. The van der Waals surface area contributed by atoms with Crippen molar-refractivity contribution in [3.05, 3.63) is 94.4 Å². The molecule has 1 fully saturated rings. The van der Waals surface area contributed by atoms with E-state index in [2.05, 4.69) is 27.5 Å². The smallest absolute Gasteiger partial charge is 0.319 e. The summed E-state index contributed by atoms with van der Waals surface area (Å²) in [6, 6.07) is 21.3. The monoisotopic (exact) mass is 482 g/mol. The maximum absolute atomic E-state index is 13.5. The van der Waals surface area contributed by atoms with Gasteiger partial charge in [0.2, 0.25) is 0 Å². The number of piperidine rings is 1. The van der Waals surface area contributed by atoms with Gasteiger partial charge in [0.25, 0.3) is 5.56 Å². The number of nitrogens with zero attached hydrogens (tertiary/aromatic N) is 4. The van der Waals surface area contributed by atoms with Crippen LogP contribution < -0.4 is 21.1 Å². The first-order chi connectivity index (χ1) is 17.6. The van der Waals surface area contributed by atoms with Gasteiger partial charge in [0.05, 0.1) is 6.54 Å². The van der Waals surface area contributed by atoms with Crippen LogP contribution in [0.2, 0.25) is 0 Å². The third-order valence-electron chi connectivity index (χ3n) is 6.62. The average molecular weight is 483 g/mol. The number of hydrogen-bond acceptors (Lipinski definition) is 5. The van der Waals surface area contributed by atoms with Crippen molar-refractivity contribution in [2.24, 2.45) is 0 Å². The molecule has 3 heterocycles. The van der Waals surface area contributed by atoms with Gasteiger partial charge in [0.1, 0.15) is 5.52 Å². The van der Waals surface area contributed by atoms with Crippen LogP contribution in [0.15, 0.2) is 77.7 Å². The third-order valence-corrected chi connectivity index (χ3v) is 6.62. The Morgan fingerprint density at radius 2 is 1.72 bits per heavy atom. The Bertz CT molecular complexity index is 1390. The van der Waals surface area contributed by atoms with Crippen molar-refractivity contribution in [2.75, 3.05) is 23.3 Å². The highest BCUT2D eigenvalue weighted by Gasteiger charge is 2.25. The number of carbonyl (C=O) groups excluding carboxylic acids is 1. The highest BCUT2D eigenvalue weighted by atomic mass is 16.2. The number of amides is 2. The summed E-state index contributed by atoms with van der Waals surface area (Å²) in [7, 11) is 0. The van der Waals surface area contributed by atoms with Crippen LogP contribution in [0.5, 0.6) is 0 Å². The fraction of sp³-hybridized carbons (Fsp3) is 0.286. The summed E-state index contributed by atoms with van der Waals surface area (Å²) in [6.07, 6.45) is 4.11. The van der Waals surface area contributed by atoms with Gasteiger partial charge in [-0.2, -0.15) is 0 Å². The summed E-state index contributed by atoms with van der Waals surface area (Å²) in [5.41, 5.74) is 4.16. The molecule has 184 valence electrons. The predicted octanol–water partition coefficient (Wildman–Crippen LogP) is 4.19. The maximum atomic E-state index is 13.5. The first-order valence-electron chi connectivity index (χ1n) is 12.4. The molecule has 2 aromatic carbocycles. The van der Waals surface area contributed by atoms with Gasteiger partial charge in [0, 0.05) is 31.0 Å². The van der Waals surface area contributed by atoms with Gasteiger partial charge in [-0.05, 0) is 54.7 Å². The Morgan fingerprint density at radius 3 is 2.44 bits per heavy atom. The van der Waals surface area contributed by atoms with Gasteiger partial charge < -0.3 is 15.5 Å². The topological polar surface area (TPSA) is 92.2 Å². The average Bonchev–Trinajstić information content (AvgIpc) is 2.91. The largest absolute Gasteiger partial charge is 0.352 e. The molecule has 8 nitrogen and oxygen atoms in total. The molecular weight excluding hydrogens is 452 g/mol. The molecule has 36 heavy (non-hydrogen) atoms. The van der Waals surface area contributed by atoms with E-state index in [1.807, 2.05) is 71.6 Å².